The first-order valence-corrected chi connectivity index (χ1v) is 10.4. The molecule has 1 aliphatic heterocycles. The van der Waals surface area contributed by atoms with Gasteiger partial charge in [0.2, 0.25) is 0 Å². The van der Waals surface area contributed by atoms with Crippen molar-refractivity contribution in [3.05, 3.63) is 41.5 Å². The van der Waals surface area contributed by atoms with Crippen molar-refractivity contribution in [3.8, 4) is 11.5 Å². The molecule has 0 bridgehead atoms. The highest BCUT2D eigenvalue weighted by Crippen LogP contribution is 2.32. The molecule has 1 heterocycles. The summed E-state index contributed by atoms with van der Waals surface area (Å²) in [5.74, 6) is -1.32. The van der Waals surface area contributed by atoms with Crippen LogP contribution in [0, 0.1) is 0 Å². The van der Waals surface area contributed by atoms with E-state index in [-0.39, 0.29) is 42.0 Å². The highest BCUT2D eigenvalue weighted by atomic mass is 16.7. The summed E-state index contributed by atoms with van der Waals surface area (Å²) in [7, 11) is 0. The molecule has 0 fully saturated rings. The SMILES string of the molecule is CC(=O)ONCCCOc1ccc(O)c2c1/C=C/C[C@H](O)CC(=O)/C=C\C[C@H](C)OC2=O.O. The van der Waals surface area contributed by atoms with Crippen molar-refractivity contribution >= 4 is 23.8 Å². The van der Waals surface area contributed by atoms with Crippen molar-refractivity contribution in [2.24, 2.45) is 0 Å². The maximum atomic E-state index is 12.8. The number of nitrogens with one attached hydrogen (secondary N) is 1. The number of carbonyl (C=O) groups excluding carboxylic acids is 3. The first-order chi connectivity index (χ1) is 15.3. The number of hydrogen-bond acceptors (Lipinski definition) is 9. The Morgan fingerprint density at radius 2 is 1.94 bits per heavy atom. The van der Waals surface area contributed by atoms with E-state index in [4.69, 9.17) is 9.47 Å². The van der Waals surface area contributed by atoms with Crippen molar-refractivity contribution < 1.29 is 44.4 Å². The molecule has 1 aromatic rings. The predicted octanol–water partition coefficient (Wildman–Crippen LogP) is 1.63. The molecular formula is C23H31NO9. The minimum Gasteiger partial charge on any atom is -0.507 e. The predicted molar refractivity (Wildman–Crippen MR) is 120 cm³/mol. The van der Waals surface area contributed by atoms with Gasteiger partial charge in [-0.2, -0.15) is 5.48 Å². The molecule has 0 aliphatic carbocycles. The number of fused-ring (bicyclic) bond motifs is 1. The van der Waals surface area contributed by atoms with Crippen LogP contribution in [0.1, 0.15) is 55.5 Å². The van der Waals surface area contributed by atoms with Gasteiger partial charge < -0.3 is 30.0 Å². The van der Waals surface area contributed by atoms with E-state index >= 15 is 0 Å². The van der Waals surface area contributed by atoms with Crippen LogP contribution < -0.4 is 10.2 Å². The maximum Gasteiger partial charge on any atom is 0.342 e. The van der Waals surface area contributed by atoms with Gasteiger partial charge in [0.25, 0.3) is 0 Å². The molecule has 0 saturated carbocycles. The third-order valence-electron chi connectivity index (χ3n) is 4.49. The van der Waals surface area contributed by atoms with Crippen LogP contribution in [0.3, 0.4) is 0 Å². The van der Waals surface area contributed by atoms with Gasteiger partial charge in [-0.05, 0) is 38.0 Å². The van der Waals surface area contributed by atoms with Crippen LogP contribution in [0.25, 0.3) is 6.08 Å². The van der Waals surface area contributed by atoms with Gasteiger partial charge in [-0.25, -0.2) is 4.79 Å². The number of allylic oxidation sites excluding steroid dienone is 1. The summed E-state index contributed by atoms with van der Waals surface area (Å²) in [6.45, 7) is 3.57. The number of ketones is 1. The van der Waals surface area contributed by atoms with E-state index < -0.39 is 24.1 Å². The normalized spacial score (nSPS) is 20.9. The molecule has 1 aromatic carbocycles. The average molecular weight is 465 g/mol. The standard InChI is InChI=1S/C23H29NO8.H2O/c1-15-6-3-7-17(26)14-18(27)8-4-9-19-21(30-13-5-12-24-32-16(2)25)11-10-20(28)22(19)23(29)31-15;/h3-4,7,9-11,15,18,24,27-28H,5-6,8,12-14H2,1-2H3;1H2/b7-3-,9-4+;/t15-,18-;/m0./s1. The topological polar surface area (TPSA) is 163 Å². The fourth-order valence-corrected chi connectivity index (χ4v) is 2.98. The number of hydrogen-bond donors (Lipinski definition) is 3. The molecule has 1 aliphatic rings. The number of esters is 1. The Bertz CT molecular complexity index is 879. The molecule has 182 valence electrons. The first-order valence-electron chi connectivity index (χ1n) is 10.4. The number of carbonyl (C=O) groups is 3. The largest absolute Gasteiger partial charge is 0.507 e. The second-order valence-corrected chi connectivity index (χ2v) is 7.38. The molecule has 0 unspecified atom stereocenters. The monoisotopic (exact) mass is 465 g/mol. The number of rotatable bonds is 6. The number of benzene rings is 1. The lowest BCUT2D eigenvalue weighted by atomic mass is 10.0. The van der Waals surface area contributed by atoms with Crippen LogP contribution >= 0.6 is 0 Å². The van der Waals surface area contributed by atoms with Crippen LogP contribution in [0.4, 0.5) is 0 Å². The highest BCUT2D eigenvalue weighted by molar-refractivity contribution is 5.98. The Morgan fingerprint density at radius 3 is 2.67 bits per heavy atom. The summed E-state index contributed by atoms with van der Waals surface area (Å²) in [5, 5.41) is 20.5. The van der Waals surface area contributed by atoms with Gasteiger partial charge in [0.15, 0.2) is 5.78 Å². The Labute approximate surface area is 192 Å². The smallest absolute Gasteiger partial charge is 0.342 e. The first kappa shape index (κ1) is 27.8. The van der Waals surface area contributed by atoms with Crippen molar-refractivity contribution in [2.45, 2.75) is 51.7 Å². The molecule has 0 amide bonds. The van der Waals surface area contributed by atoms with Crippen LogP contribution in [0.5, 0.6) is 11.5 Å². The van der Waals surface area contributed by atoms with Crippen molar-refractivity contribution in [3.63, 3.8) is 0 Å². The highest BCUT2D eigenvalue weighted by Gasteiger charge is 2.22. The fraction of sp³-hybridized carbons (Fsp3) is 0.435. The lowest BCUT2D eigenvalue weighted by molar-refractivity contribution is -0.148. The van der Waals surface area contributed by atoms with E-state index in [1.165, 1.54) is 25.1 Å². The zero-order valence-electron chi connectivity index (χ0n) is 18.7. The second kappa shape index (κ2) is 14.0. The number of hydroxylamine groups is 1. The van der Waals surface area contributed by atoms with Gasteiger partial charge in [-0.3, -0.25) is 9.59 Å². The summed E-state index contributed by atoms with van der Waals surface area (Å²) < 4.78 is 11.2. The summed E-state index contributed by atoms with van der Waals surface area (Å²) in [4.78, 5) is 40.1. The number of phenolic OH excluding ortho intramolecular Hbond substituents is 1. The molecule has 2 rings (SSSR count). The Hall–Kier alpha value is -3.21. The fourth-order valence-electron chi connectivity index (χ4n) is 2.98. The van der Waals surface area contributed by atoms with Gasteiger partial charge in [-0.15, -0.1) is 0 Å². The van der Waals surface area contributed by atoms with E-state index in [1.807, 2.05) is 0 Å². The average Bonchev–Trinajstić information content (AvgIpc) is 2.70. The minimum atomic E-state index is -0.881. The number of aromatic hydroxyl groups is 1. The van der Waals surface area contributed by atoms with Crippen molar-refractivity contribution in [2.75, 3.05) is 13.2 Å². The summed E-state index contributed by atoms with van der Waals surface area (Å²) in [6, 6.07) is 2.88. The quantitative estimate of drug-likeness (QED) is 0.322. The molecule has 2 atom stereocenters. The summed E-state index contributed by atoms with van der Waals surface area (Å²) in [5.41, 5.74) is 2.76. The number of aliphatic hydroxyl groups excluding tert-OH is 1. The molecule has 10 nitrogen and oxygen atoms in total. The van der Waals surface area contributed by atoms with Gasteiger partial charge in [0, 0.05) is 31.9 Å². The lowest BCUT2D eigenvalue weighted by Gasteiger charge is -2.17. The zero-order valence-corrected chi connectivity index (χ0v) is 18.7. The van der Waals surface area contributed by atoms with Gasteiger partial charge >= 0.3 is 11.9 Å². The third-order valence-corrected chi connectivity index (χ3v) is 4.49. The molecule has 0 saturated heterocycles. The van der Waals surface area contributed by atoms with Crippen molar-refractivity contribution in [1.82, 2.24) is 5.48 Å². The van der Waals surface area contributed by atoms with E-state index in [1.54, 1.807) is 25.2 Å². The van der Waals surface area contributed by atoms with Gasteiger partial charge in [0.05, 0.1) is 12.7 Å². The van der Waals surface area contributed by atoms with E-state index in [9.17, 15) is 24.6 Å². The summed E-state index contributed by atoms with van der Waals surface area (Å²) >= 11 is 0. The molecular weight excluding hydrogens is 434 g/mol. The second-order valence-electron chi connectivity index (χ2n) is 7.38. The van der Waals surface area contributed by atoms with Crippen LogP contribution in [0.2, 0.25) is 0 Å². The zero-order chi connectivity index (χ0) is 23.5. The molecule has 10 heteroatoms. The number of ether oxygens (including phenoxy) is 2. The van der Waals surface area contributed by atoms with Crippen LogP contribution in [-0.2, 0) is 19.2 Å². The van der Waals surface area contributed by atoms with E-state index in [0.717, 1.165) is 0 Å². The van der Waals surface area contributed by atoms with Crippen LogP contribution in [-0.4, -0.2) is 58.8 Å². The maximum absolute atomic E-state index is 12.8. The minimum absolute atomic E-state index is 0. The number of aliphatic hydroxyl groups is 1. The molecule has 33 heavy (non-hydrogen) atoms. The van der Waals surface area contributed by atoms with Gasteiger partial charge in [0.1, 0.15) is 23.2 Å². The van der Waals surface area contributed by atoms with E-state index in [0.29, 0.717) is 30.7 Å². The summed E-state index contributed by atoms with van der Waals surface area (Å²) in [6.07, 6.45) is 5.68. The molecule has 0 radical (unpaired) electrons. The molecule has 0 aromatic heterocycles. The van der Waals surface area contributed by atoms with E-state index in [2.05, 4.69) is 10.3 Å². The third kappa shape index (κ3) is 9.44. The number of cyclic esters (lactones) is 1. The Morgan fingerprint density at radius 1 is 1.21 bits per heavy atom. The Kier molecular flexibility index (Phi) is 11.8. The number of phenols is 1. The Balaban J connectivity index is 0.00000544. The van der Waals surface area contributed by atoms with Crippen molar-refractivity contribution in [1.29, 1.82) is 0 Å². The van der Waals surface area contributed by atoms with Crippen LogP contribution in [0.15, 0.2) is 30.4 Å². The lowest BCUT2D eigenvalue weighted by Crippen LogP contribution is -2.20. The van der Waals surface area contributed by atoms with Gasteiger partial charge in [-0.1, -0.05) is 18.2 Å². The molecule has 5 N–H and O–H groups in total. The molecule has 0 spiro atoms.